The van der Waals surface area contributed by atoms with E-state index in [1.165, 1.54) is 11.8 Å². The van der Waals surface area contributed by atoms with Crippen LogP contribution in [0.25, 0.3) is 0 Å². The summed E-state index contributed by atoms with van der Waals surface area (Å²) in [4.78, 5) is 24.8. The number of benzene rings is 2. The smallest absolute Gasteiger partial charge is 0.234 e. The van der Waals surface area contributed by atoms with Gasteiger partial charge in [-0.15, -0.1) is 16.8 Å². The number of allylic oxidation sites excluding steroid dienone is 1. The molecule has 0 aliphatic carbocycles. The highest BCUT2D eigenvalue weighted by Gasteiger charge is 2.16. The number of thioether (sulfide) groups is 1. The van der Waals surface area contributed by atoms with Gasteiger partial charge in [0.25, 0.3) is 0 Å². The third kappa shape index (κ3) is 6.98. The first-order chi connectivity index (χ1) is 15.9. The highest BCUT2D eigenvalue weighted by atomic mass is 35.5. The highest BCUT2D eigenvalue weighted by molar-refractivity contribution is 7.99. The Morgan fingerprint density at radius 1 is 1.06 bits per heavy atom. The Hall–Kier alpha value is -3.01. The zero-order valence-electron chi connectivity index (χ0n) is 17.7. The van der Waals surface area contributed by atoms with Gasteiger partial charge in [0.1, 0.15) is 11.6 Å². The Labute approximate surface area is 205 Å². The Kier molecular flexibility index (Phi) is 8.76. The predicted octanol–water partition coefficient (Wildman–Crippen LogP) is 4.69. The van der Waals surface area contributed by atoms with Crippen molar-refractivity contribution in [2.45, 2.75) is 18.1 Å². The van der Waals surface area contributed by atoms with Gasteiger partial charge in [-0.1, -0.05) is 41.0 Å². The second kappa shape index (κ2) is 11.7. The average molecular weight is 506 g/mol. The van der Waals surface area contributed by atoms with Crippen molar-refractivity contribution in [1.29, 1.82) is 0 Å². The molecule has 0 atom stereocenters. The van der Waals surface area contributed by atoms with Gasteiger partial charge in [0, 0.05) is 17.9 Å². The number of hydrogen-bond acceptors (Lipinski definition) is 6. The lowest BCUT2D eigenvalue weighted by Gasteiger charge is -2.09. The molecule has 0 bridgehead atoms. The highest BCUT2D eigenvalue weighted by Crippen LogP contribution is 2.25. The maximum absolute atomic E-state index is 12.5. The fraction of sp³-hybridized carbons (Fsp3) is 0.182. The summed E-state index contributed by atoms with van der Waals surface area (Å²) >= 11 is 13.1. The molecule has 0 aliphatic heterocycles. The molecule has 8 nitrogen and oxygen atoms in total. The molecular formula is C22H21Cl2N5O3S. The molecule has 2 aromatic carbocycles. The molecule has 0 radical (unpaired) electrons. The van der Waals surface area contributed by atoms with Gasteiger partial charge in [0.2, 0.25) is 11.8 Å². The standard InChI is InChI=1S/C22H21Cl2N5O3S/c1-3-10-29-19(12-20(30)25-14-4-7-16(32-2)8-5-14)27-28-22(29)33-13-21(31)26-15-6-9-17(23)18(24)11-15/h3-9,11H,1,10,12-13H2,2H3,(H,25,30)(H,26,31). The number of carbonyl (C=O) groups excluding carboxylic acids is 2. The van der Waals surface area contributed by atoms with Gasteiger partial charge in [-0.2, -0.15) is 0 Å². The number of ether oxygens (including phenoxy) is 1. The Morgan fingerprint density at radius 2 is 1.76 bits per heavy atom. The number of halogens is 2. The van der Waals surface area contributed by atoms with Crippen molar-refractivity contribution < 1.29 is 14.3 Å². The van der Waals surface area contributed by atoms with Gasteiger partial charge in [0.05, 0.1) is 29.3 Å². The lowest BCUT2D eigenvalue weighted by Crippen LogP contribution is -2.18. The zero-order valence-corrected chi connectivity index (χ0v) is 20.0. The quantitative estimate of drug-likeness (QED) is 0.306. The topological polar surface area (TPSA) is 98.1 Å². The second-order valence-electron chi connectivity index (χ2n) is 6.72. The van der Waals surface area contributed by atoms with Crippen molar-refractivity contribution in [2.75, 3.05) is 23.5 Å². The third-order valence-electron chi connectivity index (χ3n) is 4.33. The molecule has 0 aliphatic rings. The SMILES string of the molecule is C=CCn1c(CC(=O)Nc2ccc(OC)cc2)nnc1SCC(=O)Nc1ccc(Cl)c(Cl)c1. The summed E-state index contributed by atoms with van der Waals surface area (Å²) in [5, 5.41) is 15.1. The minimum atomic E-state index is -0.245. The summed E-state index contributed by atoms with van der Waals surface area (Å²) in [7, 11) is 1.58. The molecule has 11 heteroatoms. The molecule has 172 valence electrons. The molecule has 1 aromatic heterocycles. The molecular weight excluding hydrogens is 485 g/mol. The molecule has 3 aromatic rings. The monoisotopic (exact) mass is 505 g/mol. The summed E-state index contributed by atoms with van der Waals surface area (Å²) in [6, 6.07) is 11.9. The second-order valence-corrected chi connectivity index (χ2v) is 8.47. The lowest BCUT2D eigenvalue weighted by atomic mass is 10.3. The van der Waals surface area contributed by atoms with Gasteiger partial charge >= 0.3 is 0 Å². The van der Waals surface area contributed by atoms with Crippen molar-refractivity contribution >= 4 is 58.2 Å². The number of nitrogens with one attached hydrogen (secondary N) is 2. The molecule has 2 N–H and O–H groups in total. The largest absolute Gasteiger partial charge is 0.497 e. The zero-order chi connectivity index (χ0) is 23.8. The van der Waals surface area contributed by atoms with E-state index in [1.54, 1.807) is 60.2 Å². The van der Waals surface area contributed by atoms with Crippen LogP contribution in [0.1, 0.15) is 5.82 Å². The lowest BCUT2D eigenvalue weighted by molar-refractivity contribution is -0.116. The van der Waals surface area contributed by atoms with Crippen molar-refractivity contribution in [3.05, 3.63) is 71.0 Å². The maximum atomic E-state index is 12.5. The van der Waals surface area contributed by atoms with E-state index < -0.39 is 0 Å². The Balaban J connectivity index is 1.60. The van der Waals surface area contributed by atoms with Gasteiger partial charge in [-0.05, 0) is 42.5 Å². The van der Waals surface area contributed by atoms with E-state index in [0.29, 0.717) is 44.7 Å². The van der Waals surface area contributed by atoms with Crippen LogP contribution < -0.4 is 15.4 Å². The summed E-state index contributed by atoms with van der Waals surface area (Å²) in [6.45, 7) is 4.14. The van der Waals surface area contributed by atoms with Gasteiger partial charge < -0.3 is 19.9 Å². The van der Waals surface area contributed by atoms with Gasteiger partial charge in [0.15, 0.2) is 5.16 Å². The number of amides is 2. The summed E-state index contributed by atoms with van der Waals surface area (Å²) in [5.74, 6) is 0.766. The van der Waals surface area contributed by atoms with E-state index in [2.05, 4.69) is 27.4 Å². The molecule has 0 unspecified atom stereocenters. The minimum absolute atomic E-state index is 0.0168. The number of aromatic nitrogens is 3. The summed E-state index contributed by atoms with van der Waals surface area (Å²) in [6.07, 6.45) is 1.69. The van der Waals surface area contributed by atoms with E-state index in [9.17, 15) is 9.59 Å². The molecule has 0 fully saturated rings. The van der Waals surface area contributed by atoms with Crippen molar-refractivity contribution in [1.82, 2.24) is 14.8 Å². The van der Waals surface area contributed by atoms with E-state index in [4.69, 9.17) is 27.9 Å². The summed E-state index contributed by atoms with van der Waals surface area (Å²) < 4.78 is 6.86. The fourth-order valence-electron chi connectivity index (χ4n) is 2.79. The van der Waals surface area contributed by atoms with E-state index in [-0.39, 0.29) is 24.0 Å². The van der Waals surface area contributed by atoms with Crippen LogP contribution in [0.15, 0.2) is 60.3 Å². The van der Waals surface area contributed by atoms with Crippen molar-refractivity contribution in [3.63, 3.8) is 0 Å². The first-order valence-corrected chi connectivity index (χ1v) is 11.5. The summed E-state index contributed by atoms with van der Waals surface area (Å²) in [5.41, 5.74) is 1.18. The van der Waals surface area contributed by atoms with Crippen LogP contribution in [-0.4, -0.2) is 39.4 Å². The molecule has 3 rings (SSSR count). The normalized spacial score (nSPS) is 10.5. The van der Waals surface area contributed by atoms with Crippen LogP contribution >= 0.6 is 35.0 Å². The van der Waals surface area contributed by atoms with Gasteiger partial charge in [-0.3, -0.25) is 9.59 Å². The van der Waals surface area contributed by atoms with E-state index >= 15 is 0 Å². The van der Waals surface area contributed by atoms with Crippen molar-refractivity contribution in [2.24, 2.45) is 0 Å². The molecule has 1 heterocycles. The number of methoxy groups -OCH3 is 1. The van der Waals surface area contributed by atoms with Crippen LogP contribution in [-0.2, 0) is 22.6 Å². The maximum Gasteiger partial charge on any atom is 0.234 e. The minimum Gasteiger partial charge on any atom is -0.497 e. The molecule has 0 saturated carbocycles. The Bertz CT molecular complexity index is 1150. The predicted molar refractivity (Wildman–Crippen MR) is 131 cm³/mol. The fourth-order valence-corrected chi connectivity index (χ4v) is 3.86. The molecule has 33 heavy (non-hydrogen) atoms. The van der Waals surface area contributed by atoms with Crippen LogP contribution in [0.3, 0.4) is 0 Å². The molecule has 2 amide bonds. The Morgan fingerprint density at radius 3 is 2.42 bits per heavy atom. The first-order valence-electron chi connectivity index (χ1n) is 9.74. The number of carbonyl (C=O) groups is 2. The van der Waals surface area contributed by atoms with E-state index in [1.807, 2.05) is 0 Å². The molecule has 0 saturated heterocycles. The van der Waals surface area contributed by atoms with Crippen LogP contribution in [0.4, 0.5) is 11.4 Å². The number of anilines is 2. The van der Waals surface area contributed by atoms with Crippen molar-refractivity contribution in [3.8, 4) is 5.75 Å². The molecule has 0 spiro atoms. The average Bonchev–Trinajstić information content (AvgIpc) is 3.16. The van der Waals surface area contributed by atoms with Crippen LogP contribution in [0.5, 0.6) is 5.75 Å². The van der Waals surface area contributed by atoms with Crippen LogP contribution in [0.2, 0.25) is 10.0 Å². The van der Waals surface area contributed by atoms with Crippen LogP contribution in [0, 0.1) is 0 Å². The first kappa shape index (κ1) is 24.6. The number of rotatable bonds is 10. The number of nitrogens with zero attached hydrogens (tertiary/aromatic N) is 3. The van der Waals surface area contributed by atoms with E-state index in [0.717, 1.165) is 0 Å². The van der Waals surface area contributed by atoms with Gasteiger partial charge in [-0.25, -0.2) is 0 Å². The third-order valence-corrected chi connectivity index (χ3v) is 6.04. The number of hydrogen-bond donors (Lipinski definition) is 2.